The lowest BCUT2D eigenvalue weighted by Crippen LogP contribution is -2.43. The predicted molar refractivity (Wildman–Crippen MR) is 75.1 cm³/mol. The van der Waals surface area contributed by atoms with Gasteiger partial charge in [0.25, 0.3) is 0 Å². The summed E-state index contributed by atoms with van der Waals surface area (Å²) in [7, 11) is 2.15. The van der Waals surface area contributed by atoms with Crippen LogP contribution in [0.25, 0.3) is 0 Å². The Labute approximate surface area is 112 Å². The fraction of sp³-hybridized carbons (Fsp3) is 0.615. The third kappa shape index (κ3) is 2.99. The molecule has 1 heterocycles. The third-order valence-electron chi connectivity index (χ3n) is 3.77. The second-order valence-electron chi connectivity index (χ2n) is 4.82. The highest BCUT2D eigenvalue weighted by molar-refractivity contribution is 9.10. The summed E-state index contributed by atoms with van der Waals surface area (Å²) in [5.41, 5.74) is 7.06. The van der Waals surface area contributed by atoms with E-state index in [1.165, 1.54) is 31.4 Å². The van der Waals surface area contributed by atoms with Crippen molar-refractivity contribution in [2.75, 3.05) is 18.5 Å². The minimum absolute atomic E-state index is 0.560. The maximum Gasteiger partial charge on any atom is 0.0564 e. The summed E-state index contributed by atoms with van der Waals surface area (Å²) in [4.78, 5) is 6.57. The van der Waals surface area contributed by atoms with Crippen molar-refractivity contribution >= 4 is 21.6 Å². The van der Waals surface area contributed by atoms with Gasteiger partial charge in [0.2, 0.25) is 0 Å². The molecule has 94 valence electrons. The largest absolute Gasteiger partial charge is 0.370 e. The van der Waals surface area contributed by atoms with Gasteiger partial charge in [-0.1, -0.05) is 12.8 Å². The standard InChI is InChI=1S/C13H20BrN3/c1-17(12-6-11(14)8-16-9-12)13-5-3-2-4-10(13)7-15/h6,8-10,13H,2-5,7,15H2,1H3. The van der Waals surface area contributed by atoms with Gasteiger partial charge in [0, 0.05) is 23.8 Å². The topological polar surface area (TPSA) is 42.2 Å². The molecule has 1 aliphatic carbocycles. The van der Waals surface area contributed by atoms with E-state index in [2.05, 4.69) is 38.9 Å². The minimum atomic E-state index is 0.560. The summed E-state index contributed by atoms with van der Waals surface area (Å²) in [5, 5.41) is 0. The second kappa shape index (κ2) is 5.83. The van der Waals surface area contributed by atoms with E-state index in [-0.39, 0.29) is 0 Å². The average Bonchev–Trinajstić information content (AvgIpc) is 2.38. The van der Waals surface area contributed by atoms with Crippen LogP contribution in [0.15, 0.2) is 22.9 Å². The Kier molecular flexibility index (Phi) is 4.40. The molecule has 2 N–H and O–H groups in total. The molecule has 0 saturated heterocycles. The quantitative estimate of drug-likeness (QED) is 0.933. The molecule has 1 aromatic rings. The molecule has 17 heavy (non-hydrogen) atoms. The molecule has 1 aliphatic rings. The van der Waals surface area contributed by atoms with Gasteiger partial charge in [-0.15, -0.1) is 0 Å². The fourth-order valence-electron chi connectivity index (χ4n) is 2.76. The first kappa shape index (κ1) is 12.8. The number of nitrogens with zero attached hydrogens (tertiary/aromatic N) is 2. The summed E-state index contributed by atoms with van der Waals surface area (Å²) in [5.74, 6) is 0.618. The van der Waals surface area contributed by atoms with Gasteiger partial charge < -0.3 is 10.6 Å². The monoisotopic (exact) mass is 297 g/mol. The van der Waals surface area contributed by atoms with Crippen molar-refractivity contribution in [3.63, 3.8) is 0 Å². The van der Waals surface area contributed by atoms with Crippen LogP contribution in [0.5, 0.6) is 0 Å². The van der Waals surface area contributed by atoms with Gasteiger partial charge in [0.05, 0.1) is 11.9 Å². The summed E-state index contributed by atoms with van der Waals surface area (Å²) in [6.45, 7) is 0.788. The van der Waals surface area contributed by atoms with Crippen LogP contribution in [0.2, 0.25) is 0 Å². The zero-order valence-corrected chi connectivity index (χ0v) is 11.9. The highest BCUT2D eigenvalue weighted by atomic mass is 79.9. The van der Waals surface area contributed by atoms with E-state index in [0.29, 0.717) is 12.0 Å². The second-order valence-corrected chi connectivity index (χ2v) is 5.74. The van der Waals surface area contributed by atoms with Crippen molar-refractivity contribution in [2.24, 2.45) is 11.7 Å². The van der Waals surface area contributed by atoms with Gasteiger partial charge in [-0.25, -0.2) is 0 Å². The Morgan fingerprint density at radius 3 is 2.88 bits per heavy atom. The molecule has 0 aromatic carbocycles. The van der Waals surface area contributed by atoms with E-state index in [1.807, 2.05) is 12.4 Å². The van der Waals surface area contributed by atoms with Crippen LogP contribution in [-0.4, -0.2) is 24.6 Å². The van der Waals surface area contributed by atoms with Crippen LogP contribution < -0.4 is 10.6 Å². The van der Waals surface area contributed by atoms with Crippen LogP contribution >= 0.6 is 15.9 Å². The molecule has 0 amide bonds. The normalized spacial score (nSPS) is 24.6. The number of nitrogens with two attached hydrogens (primary N) is 1. The molecule has 4 heteroatoms. The van der Waals surface area contributed by atoms with Crippen LogP contribution in [0.4, 0.5) is 5.69 Å². The van der Waals surface area contributed by atoms with Crippen LogP contribution in [0.3, 0.4) is 0 Å². The van der Waals surface area contributed by atoms with Crippen molar-refractivity contribution < 1.29 is 0 Å². The van der Waals surface area contributed by atoms with E-state index in [9.17, 15) is 0 Å². The van der Waals surface area contributed by atoms with Crippen molar-refractivity contribution in [1.29, 1.82) is 0 Å². The molecule has 2 atom stereocenters. The van der Waals surface area contributed by atoms with Crippen molar-refractivity contribution in [3.05, 3.63) is 22.9 Å². The highest BCUT2D eigenvalue weighted by Gasteiger charge is 2.27. The highest BCUT2D eigenvalue weighted by Crippen LogP contribution is 2.30. The van der Waals surface area contributed by atoms with Crippen LogP contribution in [0, 0.1) is 5.92 Å². The lowest BCUT2D eigenvalue weighted by molar-refractivity contribution is 0.306. The van der Waals surface area contributed by atoms with E-state index in [0.717, 1.165) is 11.0 Å². The zero-order valence-electron chi connectivity index (χ0n) is 10.3. The zero-order chi connectivity index (χ0) is 12.3. The number of aromatic nitrogens is 1. The maximum absolute atomic E-state index is 5.89. The van der Waals surface area contributed by atoms with Crippen molar-refractivity contribution in [3.8, 4) is 0 Å². The molecular formula is C13H20BrN3. The molecule has 1 aromatic heterocycles. The summed E-state index contributed by atoms with van der Waals surface area (Å²) >= 11 is 3.47. The van der Waals surface area contributed by atoms with E-state index < -0.39 is 0 Å². The van der Waals surface area contributed by atoms with Gasteiger partial charge in [0.1, 0.15) is 0 Å². The third-order valence-corrected chi connectivity index (χ3v) is 4.20. The first-order chi connectivity index (χ1) is 8.22. The van der Waals surface area contributed by atoms with Gasteiger partial charge >= 0.3 is 0 Å². The number of anilines is 1. The maximum atomic E-state index is 5.89. The van der Waals surface area contributed by atoms with Gasteiger partial charge in [-0.3, -0.25) is 4.98 Å². The molecule has 2 unspecified atom stereocenters. The molecule has 1 fully saturated rings. The van der Waals surface area contributed by atoms with Gasteiger partial charge in [-0.2, -0.15) is 0 Å². The average molecular weight is 298 g/mol. The lowest BCUT2D eigenvalue weighted by atomic mass is 9.83. The van der Waals surface area contributed by atoms with Gasteiger partial charge in [-0.05, 0) is 47.3 Å². The van der Waals surface area contributed by atoms with Crippen molar-refractivity contribution in [2.45, 2.75) is 31.7 Å². The number of pyridine rings is 1. The first-order valence-electron chi connectivity index (χ1n) is 6.26. The molecule has 0 spiro atoms. The van der Waals surface area contributed by atoms with Crippen LogP contribution in [0.1, 0.15) is 25.7 Å². The molecule has 1 saturated carbocycles. The number of hydrogen-bond donors (Lipinski definition) is 1. The van der Waals surface area contributed by atoms with Crippen molar-refractivity contribution in [1.82, 2.24) is 4.98 Å². The Balaban J connectivity index is 2.15. The van der Waals surface area contributed by atoms with Crippen LogP contribution in [-0.2, 0) is 0 Å². The van der Waals surface area contributed by atoms with E-state index in [4.69, 9.17) is 5.73 Å². The SMILES string of the molecule is CN(c1cncc(Br)c1)C1CCCCC1CN. The first-order valence-corrected chi connectivity index (χ1v) is 7.05. The molecular weight excluding hydrogens is 278 g/mol. The molecule has 0 aliphatic heterocycles. The Morgan fingerprint density at radius 1 is 1.41 bits per heavy atom. The molecule has 3 nitrogen and oxygen atoms in total. The molecule has 2 rings (SSSR count). The number of rotatable bonds is 3. The van der Waals surface area contributed by atoms with E-state index >= 15 is 0 Å². The van der Waals surface area contributed by atoms with Gasteiger partial charge in [0.15, 0.2) is 0 Å². The molecule has 0 radical (unpaired) electrons. The smallest absolute Gasteiger partial charge is 0.0564 e. The predicted octanol–water partition coefficient (Wildman–Crippen LogP) is 2.80. The minimum Gasteiger partial charge on any atom is -0.370 e. The summed E-state index contributed by atoms with van der Waals surface area (Å²) in [6.07, 6.45) is 8.87. The Hall–Kier alpha value is -0.610. The number of hydrogen-bond acceptors (Lipinski definition) is 3. The number of halogens is 1. The Morgan fingerprint density at radius 2 is 2.18 bits per heavy atom. The summed E-state index contributed by atoms with van der Waals surface area (Å²) in [6, 6.07) is 2.68. The van der Waals surface area contributed by atoms with E-state index in [1.54, 1.807) is 0 Å². The summed E-state index contributed by atoms with van der Waals surface area (Å²) < 4.78 is 1.03. The lowest BCUT2D eigenvalue weighted by Gasteiger charge is -2.38. The Bertz CT molecular complexity index is 369. The molecule has 0 bridgehead atoms. The fourth-order valence-corrected chi connectivity index (χ4v) is 3.11.